The molecule has 5 nitrogen and oxygen atoms in total. The van der Waals surface area contributed by atoms with Gasteiger partial charge in [-0.25, -0.2) is 0 Å². The van der Waals surface area contributed by atoms with Crippen LogP contribution < -0.4 is 9.47 Å². The highest BCUT2D eigenvalue weighted by Gasteiger charge is 2.11. The molecule has 0 unspecified atom stereocenters. The standard InChI is InChI=1S/C25H31NO4/c1-3-26(4-2)13-15-29-22-9-5-19(6-10-22)17-24-23-11-8-21(28)18-20(23)7-12-25(24)30-16-14-27/h5-12,18,27-28H,3-4,13-17H2,1-2H3. The van der Waals surface area contributed by atoms with Crippen LogP contribution >= 0.6 is 0 Å². The van der Waals surface area contributed by atoms with Crippen LogP contribution in [0.25, 0.3) is 10.8 Å². The highest BCUT2D eigenvalue weighted by molar-refractivity contribution is 5.89. The number of nitrogens with zero attached hydrogens (tertiary/aromatic N) is 1. The molecule has 0 spiro atoms. The molecular weight excluding hydrogens is 378 g/mol. The predicted molar refractivity (Wildman–Crippen MR) is 121 cm³/mol. The van der Waals surface area contributed by atoms with Gasteiger partial charge in [0.1, 0.15) is 30.5 Å². The maximum atomic E-state index is 9.81. The van der Waals surface area contributed by atoms with E-state index in [1.807, 2.05) is 30.3 Å². The summed E-state index contributed by atoms with van der Waals surface area (Å²) in [7, 11) is 0. The van der Waals surface area contributed by atoms with Crippen molar-refractivity contribution in [2.45, 2.75) is 20.3 Å². The Morgan fingerprint density at radius 3 is 2.33 bits per heavy atom. The molecule has 0 aliphatic heterocycles. The van der Waals surface area contributed by atoms with Crippen molar-refractivity contribution < 1.29 is 19.7 Å². The van der Waals surface area contributed by atoms with E-state index in [4.69, 9.17) is 14.6 Å². The van der Waals surface area contributed by atoms with Gasteiger partial charge >= 0.3 is 0 Å². The Kier molecular flexibility index (Phi) is 7.94. The third-order valence-corrected chi connectivity index (χ3v) is 5.30. The molecule has 3 aromatic carbocycles. The second kappa shape index (κ2) is 10.9. The van der Waals surface area contributed by atoms with E-state index in [1.165, 1.54) is 0 Å². The molecule has 0 heterocycles. The third kappa shape index (κ3) is 5.65. The van der Waals surface area contributed by atoms with Crippen molar-refractivity contribution in [3.63, 3.8) is 0 Å². The largest absolute Gasteiger partial charge is 0.508 e. The summed E-state index contributed by atoms with van der Waals surface area (Å²) < 4.78 is 11.7. The average Bonchev–Trinajstić information content (AvgIpc) is 2.77. The van der Waals surface area contributed by atoms with Gasteiger partial charge in [-0.15, -0.1) is 0 Å². The topological polar surface area (TPSA) is 62.2 Å². The Bertz CT molecular complexity index is 936. The number of benzene rings is 3. The zero-order valence-corrected chi connectivity index (χ0v) is 17.8. The van der Waals surface area contributed by atoms with Crippen molar-refractivity contribution in [1.82, 2.24) is 4.90 Å². The number of likely N-dealkylation sites (N-methyl/N-ethyl adjacent to an activating group) is 1. The molecule has 30 heavy (non-hydrogen) atoms. The first-order valence-corrected chi connectivity index (χ1v) is 10.6. The van der Waals surface area contributed by atoms with Gasteiger partial charge in [-0.1, -0.05) is 38.1 Å². The van der Waals surface area contributed by atoms with Crippen LogP contribution in [0.3, 0.4) is 0 Å². The fraction of sp³-hybridized carbons (Fsp3) is 0.360. The second-order valence-corrected chi connectivity index (χ2v) is 7.22. The number of hydrogen-bond donors (Lipinski definition) is 2. The molecule has 0 bridgehead atoms. The number of fused-ring (bicyclic) bond motifs is 1. The lowest BCUT2D eigenvalue weighted by Gasteiger charge is -2.18. The molecule has 5 heteroatoms. The molecule has 0 saturated carbocycles. The van der Waals surface area contributed by atoms with Gasteiger partial charge in [0.05, 0.1) is 6.61 Å². The SMILES string of the molecule is CCN(CC)CCOc1ccc(Cc2c(OCCO)ccc3cc(O)ccc23)cc1. The number of phenols is 1. The first-order valence-electron chi connectivity index (χ1n) is 10.6. The Balaban J connectivity index is 1.76. The van der Waals surface area contributed by atoms with Gasteiger partial charge in [0, 0.05) is 18.5 Å². The molecule has 0 fully saturated rings. The summed E-state index contributed by atoms with van der Waals surface area (Å²) in [6, 6.07) is 17.3. The minimum atomic E-state index is -0.0351. The number of rotatable bonds is 11. The highest BCUT2D eigenvalue weighted by Crippen LogP contribution is 2.32. The maximum Gasteiger partial charge on any atom is 0.123 e. The Morgan fingerprint density at radius 1 is 0.867 bits per heavy atom. The lowest BCUT2D eigenvalue weighted by atomic mass is 9.97. The Labute approximate surface area is 178 Å². The lowest BCUT2D eigenvalue weighted by Crippen LogP contribution is -2.27. The van der Waals surface area contributed by atoms with E-state index < -0.39 is 0 Å². The van der Waals surface area contributed by atoms with Gasteiger partial charge in [0.25, 0.3) is 0 Å². The van der Waals surface area contributed by atoms with Gasteiger partial charge in [-0.2, -0.15) is 0 Å². The minimum Gasteiger partial charge on any atom is -0.508 e. The second-order valence-electron chi connectivity index (χ2n) is 7.22. The van der Waals surface area contributed by atoms with Gasteiger partial charge in [0.15, 0.2) is 0 Å². The summed E-state index contributed by atoms with van der Waals surface area (Å²) in [4.78, 5) is 2.33. The van der Waals surface area contributed by atoms with Crippen LogP contribution in [0.4, 0.5) is 0 Å². The molecule has 0 aliphatic rings. The zero-order chi connectivity index (χ0) is 21.3. The quantitative estimate of drug-likeness (QED) is 0.496. The molecule has 0 radical (unpaired) electrons. The summed E-state index contributed by atoms with van der Waals surface area (Å²) in [5.41, 5.74) is 2.18. The van der Waals surface area contributed by atoms with Crippen LogP contribution in [0.15, 0.2) is 54.6 Å². The third-order valence-electron chi connectivity index (χ3n) is 5.30. The minimum absolute atomic E-state index is 0.0351. The fourth-order valence-corrected chi connectivity index (χ4v) is 3.57. The summed E-state index contributed by atoms with van der Waals surface area (Å²) in [6.07, 6.45) is 0.683. The molecule has 2 N–H and O–H groups in total. The highest BCUT2D eigenvalue weighted by atomic mass is 16.5. The van der Waals surface area contributed by atoms with E-state index in [-0.39, 0.29) is 19.0 Å². The molecule has 3 rings (SSSR count). The van der Waals surface area contributed by atoms with Crippen molar-refractivity contribution >= 4 is 10.8 Å². The van der Waals surface area contributed by atoms with Crippen LogP contribution in [0.1, 0.15) is 25.0 Å². The summed E-state index contributed by atoms with van der Waals surface area (Å²) in [5.74, 6) is 1.86. The molecule has 0 amide bonds. The lowest BCUT2D eigenvalue weighted by molar-refractivity contribution is 0.200. The molecule has 160 valence electrons. The van der Waals surface area contributed by atoms with Crippen LogP contribution in [-0.2, 0) is 6.42 Å². The average molecular weight is 410 g/mol. The van der Waals surface area contributed by atoms with Crippen molar-refractivity contribution in [3.8, 4) is 17.2 Å². The summed E-state index contributed by atoms with van der Waals surface area (Å²) in [5, 5.41) is 20.9. The number of hydrogen-bond acceptors (Lipinski definition) is 5. The van der Waals surface area contributed by atoms with Crippen LogP contribution in [-0.4, -0.2) is 54.6 Å². The fourth-order valence-electron chi connectivity index (χ4n) is 3.57. The van der Waals surface area contributed by atoms with E-state index in [9.17, 15) is 5.11 Å². The predicted octanol–water partition coefficient (Wildman–Crippen LogP) is 4.23. The van der Waals surface area contributed by atoms with E-state index in [2.05, 4.69) is 30.9 Å². The van der Waals surface area contributed by atoms with E-state index >= 15 is 0 Å². The van der Waals surface area contributed by atoms with Crippen molar-refractivity contribution in [3.05, 3.63) is 65.7 Å². The molecule has 0 saturated heterocycles. The number of phenolic OH excluding ortho intramolecular Hbond substituents is 1. The van der Waals surface area contributed by atoms with Crippen LogP contribution in [0.5, 0.6) is 17.2 Å². The first kappa shape index (κ1) is 21.9. The van der Waals surface area contributed by atoms with Crippen LogP contribution in [0, 0.1) is 0 Å². The van der Waals surface area contributed by atoms with E-state index in [1.54, 1.807) is 12.1 Å². The molecule has 0 atom stereocenters. The summed E-state index contributed by atoms with van der Waals surface area (Å²) in [6.45, 7) is 8.18. The van der Waals surface area contributed by atoms with Crippen LogP contribution in [0.2, 0.25) is 0 Å². The number of aliphatic hydroxyl groups is 1. The van der Waals surface area contributed by atoms with Crippen molar-refractivity contribution in [2.24, 2.45) is 0 Å². The monoisotopic (exact) mass is 409 g/mol. The smallest absolute Gasteiger partial charge is 0.123 e. The summed E-state index contributed by atoms with van der Waals surface area (Å²) >= 11 is 0. The van der Waals surface area contributed by atoms with E-state index in [0.717, 1.165) is 53.0 Å². The number of ether oxygens (including phenoxy) is 2. The molecule has 3 aromatic rings. The first-order chi connectivity index (χ1) is 14.6. The zero-order valence-electron chi connectivity index (χ0n) is 17.8. The van der Waals surface area contributed by atoms with Gasteiger partial charge in [-0.05, 0) is 59.8 Å². The van der Waals surface area contributed by atoms with Gasteiger partial charge in [-0.3, -0.25) is 0 Å². The van der Waals surface area contributed by atoms with Crippen molar-refractivity contribution in [1.29, 1.82) is 0 Å². The molecule has 0 aromatic heterocycles. The van der Waals surface area contributed by atoms with E-state index in [0.29, 0.717) is 13.0 Å². The maximum absolute atomic E-state index is 9.81. The van der Waals surface area contributed by atoms with Gasteiger partial charge in [0.2, 0.25) is 0 Å². The number of aliphatic hydroxyl groups excluding tert-OH is 1. The van der Waals surface area contributed by atoms with Crippen molar-refractivity contribution in [2.75, 3.05) is 39.5 Å². The Morgan fingerprint density at radius 2 is 1.63 bits per heavy atom. The molecular formula is C25H31NO4. The molecule has 0 aliphatic carbocycles. The number of aromatic hydroxyl groups is 1. The Hall–Kier alpha value is -2.76. The normalized spacial score (nSPS) is 11.2. The van der Waals surface area contributed by atoms with Gasteiger partial charge < -0.3 is 24.6 Å².